The maximum atomic E-state index is 12.2. The van der Waals surface area contributed by atoms with Crippen molar-refractivity contribution in [2.24, 2.45) is 0 Å². The summed E-state index contributed by atoms with van der Waals surface area (Å²) >= 11 is 1.42. The average Bonchev–Trinajstić information content (AvgIpc) is 2.96. The number of aromatic nitrogens is 3. The van der Waals surface area contributed by atoms with Gasteiger partial charge < -0.3 is 5.32 Å². The summed E-state index contributed by atoms with van der Waals surface area (Å²) in [5.74, 6) is -0.291. The summed E-state index contributed by atoms with van der Waals surface area (Å²) in [5, 5.41) is 3.29. The molecule has 0 aliphatic rings. The van der Waals surface area contributed by atoms with E-state index in [1.165, 1.54) is 28.3 Å². The van der Waals surface area contributed by atoms with Gasteiger partial charge >= 0.3 is 0 Å². The number of carbonyl (C=O) groups excluding carboxylic acids is 1. The van der Waals surface area contributed by atoms with Crippen molar-refractivity contribution >= 4 is 32.6 Å². The molecule has 3 aromatic rings. The molecule has 0 spiro atoms. The molecular formula is C18H20N4O2S. The van der Waals surface area contributed by atoms with Gasteiger partial charge in [0.2, 0.25) is 5.91 Å². The Morgan fingerprint density at radius 1 is 1.32 bits per heavy atom. The van der Waals surface area contributed by atoms with E-state index >= 15 is 0 Å². The summed E-state index contributed by atoms with van der Waals surface area (Å²) < 4.78 is 2.33. The number of aryl methyl sites for hydroxylation is 2. The zero-order chi connectivity index (χ0) is 17.8. The van der Waals surface area contributed by atoms with Crippen LogP contribution in [0.5, 0.6) is 0 Å². The maximum absolute atomic E-state index is 12.2. The zero-order valence-electron chi connectivity index (χ0n) is 14.3. The molecule has 3 rings (SSSR count). The molecule has 1 amide bonds. The fraction of sp³-hybridized carbons (Fsp3) is 0.333. The number of hydrogen-bond donors (Lipinski definition) is 1. The van der Waals surface area contributed by atoms with E-state index in [0.29, 0.717) is 5.13 Å². The molecule has 25 heavy (non-hydrogen) atoms. The average molecular weight is 356 g/mol. The van der Waals surface area contributed by atoms with Gasteiger partial charge in [0.15, 0.2) is 5.13 Å². The number of nitrogens with one attached hydrogen (secondary N) is 1. The van der Waals surface area contributed by atoms with Gasteiger partial charge in [-0.05, 0) is 37.5 Å². The molecule has 0 radical (unpaired) electrons. The molecule has 0 unspecified atom stereocenters. The van der Waals surface area contributed by atoms with Crippen LogP contribution in [-0.2, 0) is 17.8 Å². The lowest BCUT2D eigenvalue weighted by Gasteiger charge is -2.06. The molecular weight excluding hydrogens is 336 g/mol. The minimum Gasteiger partial charge on any atom is -0.300 e. The van der Waals surface area contributed by atoms with Gasteiger partial charge in [-0.1, -0.05) is 30.7 Å². The molecule has 130 valence electrons. The van der Waals surface area contributed by atoms with Crippen molar-refractivity contribution in [3.05, 3.63) is 52.2 Å². The molecule has 1 aromatic carbocycles. The topological polar surface area (TPSA) is 76.9 Å². The van der Waals surface area contributed by atoms with Crippen LogP contribution in [0.25, 0.3) is 10.2 Å². The Labute approximate surface area is 149 Å². The molecule has 0 saturated carbocycles. The van der Waals surface area contributed by atoms with Crippen LogP contribution >= 0.6 is 11.3 Å². The van der Waals surface area contributed by atoms with E-state index in [1.54, 1.807) is 0 Å². The zero-order valence-corrected chi connectivity index (χ0v) is 15.1. The molecule has 0 aliphatic heterocycles. The van der Waals surface area contributed by atoms with Crippen molar-refractivity contribution in [2.45, 2.75) is 39.7 Å². The van der Waals surface area contributed by atoms with E-state index in [4.69, 9.17) is 0 Å². The quantitative estimate of drug-likeness (QED) is 0.736. The van der Waals surface area contributed by atoms with Gasteiger partial charge in [0.1, 0.15) is 6.54 Å². The lowest BCUT2D eigenvalue weighted by Crippen LogP contribution is -2.27. The molecule has 7 heteroatoms. The van der Waals surface area contributed by atoms with Crippen molar-refractivity contribution in [1.29, 1.82) is 0 Å². The number of carbonyl (C=O) groups is 1. The van der Waals surface area contributed by atoms with E-state index in [9.17, 15) is 9.59 Å². The SMILES string of the molecule is CCCCc1cc(=O)n(CC(=O)Nc2nc3ccc(C)cc3s2)cn1. The highest BCUT2D eigenvalue weighted by molar-refractivity contribution is 7.22. The summed E-state index contributed by atoms with van der Waals surface area (Å²) in [6.45, 7) is 4.03. The summed E-state index contributed by atoms with van der Waals surface area (Å²) in [7, 11) is 0. The summed E-state index contributed by atoms with van der Waals surface area (Å²) in [6.07, 6.45) is 4.27. The smallest absolute Gasteiger partial charge is 0.253 e. The van der Waals surface area contributed by atoms with Crippen molar-refractivity contribution in [2.75, 3.05) is 5.32 Å². The third-order valence-electron chi connectivity index (χ3n) is 3.83. The Morgan fingerprint density at radius 2 is 2.16 bits per heavy atom. The first-order chi connectivity index (χ1) is 12.0. The minimum absolute atomic E-state index is 0.0746. The van der Waals surface area contributed by atoms with E-state index < -0.39 is 0 Å². The number of rotatable bonds is 6. The van der Waals surface area contributed by atoms with Crippen LogP contribution in [0.4, 0.5) is 5.13 Å². The van der Waals surface area contributed by atoms with Crippen LogP contribution in [0.1, 0.15) is 31.0 Å². The normalized spacial score (nSPS) is 11.0. The third kappa shape index (κ3) is 4.30. The van der Waals surface area contributed by atoms with Gasteiger partial charge in [0.05, 0.1) is 16.5 Å². The molecule has 6 nitrogen and oxygen atoms in total. The van der Waals surface area contributed by atoms with Gasteiger partial charge in [0, 0.05) is 11.8 Å². The number of unbranched alkanes of at least 4 members (excludes halogenated alkanes) is 1. The van der Waals surface area contributed by atoms with Crippen molar-refractivity contribution in [1.82, 2.24) is 14.5 Å². The molecule has 0 bridgehead atoms. The highest BCUT2D eigenvalue weighted by atomic mass is 32.1. The van der Waals surface area contributed by atoms with Gasteiger partial charge in [-0.3, -0.25) is 14.2 Å². The van der Waals surface area contributed by atoms with Gasteiger partial charge in [-0.25, -0.2) is 9.97 Å². The van der Waals surface area contributed by atoms with Crippen LogP contribution in [0.3, 0.4) is 0 Å². The monoisotopic (exact) mass is 356 g/mol. The summed E-state index contributed by atoms with van der Waals surface area (Å²) in [4.78, 5) is 32.9. The fourth-order valence-corrected chi connectivity index (χ4v) is 3.46. The van der Waals surface area contributed by atoms with Crippen LogP contribution in [-0.4, -0.2) is 20.4 Å². The van der Waals surface area contributed by atoms with Gasteiger partial charge in [-0.2, -0.15) is 0 Å². The second-order valence-electron chi connectivity index (χ2n) is 5.99. The number of benzene rings is 1. The number of thiazole rings is 1. The molecule has 0 saturated heterocycles. The number of amides is 1. The van der Waals surface area contributed by atoms with E-state index in [-0.39, 0.29) is 18.0 Å². The van der Waals surface area contributed by atoms with E-state index in [1.807, 2.05) is 25.1 Å². The molecule has 2 heterocycles. The largest absolute Gasteiger partial charge is 0.300 e. The number of nitrogens with zero attached hydrogens (tertiary/aromatic N) is 3. The molecule has 1 N–H and O–H groups in total. The second-order valence-corrected chi connectivity index (χ2v) is 7.02. The highest BCUT2D eigenvalue weighted by Gasteiger charge is 2.10. The number of fused-ring (bicyclic) bond motifs is 1. The van der Waals surface area contributed by atoms with Crippen molar-refractivity contribution < 1.29 is 4.79 Å². The Kier molecular flexibility index (Phi) is 5.23. The Balaban J connectivity index is 1.68. The summed E-state index contributed by atoms with van der Waals surface area (Å²) in [5.41, 5.74) is 2.56. The lowest BCUT2D eigenvalue weighted by molar-refractivity contribution is -0.116. The fourth-order valence-electron chi connectivity index (χ4n) is 2.48. The Bertz CT molecular complexity index is 961. The molecule has 0 fully saturated rings. The number of anilines is 1. The number of hydrogen-bond acceptors (Lipinski definition) is 5. The van der Waals surface area contributed by atoms with Crippen LogP contribution in [0.15, 0.2) is 35.4 Å². The van der Waals surface area contributed by atoms with Crippen LogP contribution in [0, 0.1) is 6.92 Å². The standard InChI is InChI=1S/C18H20N4O2S/c1-3-4-5-13-9-17(24)22(11-19-13)10-16(23)21-18-20-14-7-6-12(2)8-15(14)25-18/h6-9,11H,3-5,10H2,1-2H3,(H,20,21,23). The third-order valence-corrected chi connectivity index (χ3v) is 4.76. The lowest BCUT2D eigenvalue weighted by atomic mass is 10.2. The van der Waals surface area contributed by atoms with Crippen LogP contribution < -0.4 is 10.9 Å². The predicted molar refractivity (Wildman–Crippen MR) is 100 cm³/mol. The predicted octanol–water partition coefficient (Wildman–Crippen LogP) is 3.14. The maximum Gasteiger partial charge on any atom is 0.253 e. The summed E-state index contributed by atoms with van der Waals surface area (Å²) in [6, 6.07) is 7.45. The first kappa shape index (κ1) is 17.3. The van der Waals surface area contributed by atoms with Gasteiger partial charge in [-0.15, -0.1) is 0 Å². The van der Waals surface area contributed by atoms with E-state index in [0.717, 1.165) is 40.7 Å². The van der Waals surface area contributed by atoms with Crippen LogP contribution in [0.2, 0.25) is 0 Å². The first-order valence-electron chi connectivity index (χ1n) is 8.27. The Morgan fingerprint density at radius 3 is 2.92 bits per heavy atom. The molecule has 0 atom stereocenters. The van der Waals surface area contributed by atoms with Crippen molar-refractivity contribution in [3.63, 3.8) is 0 Å². The molecule has 2 aromatic heterocycles. The highest BCUT2D eigenvalue weighted by Crippen LogP contribution is 2.26. The van der Waals surface area contributed by atoms with Crippen molar-refractivity contribution in [3.8, 4) is 0 Å². The molecule has 0 aliphatic carbocycles. The second kappa shape index (κ2) is 7.57. The van der Waals surface area contributed by atoms with Gasteiger partial charge in [0.25, 0.3) is 5.56 Å². The first-order valence-corrected chi connectivity index (χ1v) is 9.09. The Hall–Kier alpha value is -2.54. The van der Waals surface area contributed by atoms with E-state index in [2.05, 4.69) is 22.2 Å². The minimum atomic E-state index is -0.291.